The Morgan fingerprint density at radius 2 is 2.05 bits per heavy atom. The van der Waals surface area contributed by atoms with Gasteiger partial charge >= 0.3 is 5.97 Å². The summed E-state index contributed by atoms with van der Waals surface area (Å²) in [5, 5.41) is 10.0. The third-order valence-corrected chi connectivity index (χ3v) is 4.91. The Morgan fingerprint density at radius 3 is 2.71 bits per heavy atom. The smallest absolute Gasteiger partial charge is 0.326 e. The van der Waals surface area contributed by atoms with Gasteiger partial charge in [0.05, 0.1) is 0 Å². The number of amides is 1. The van der Waals surface area contributed by atoms with Gasteiger partial charge in [0, 0.05) is 17.1 Å². The lowest BCUT2D eigenvalue weighted by atomic mass is 9.94. The number of aryl methyl sites for hydroxylation is 1. The van der Waals surface area contributed by atoms with Gasteiger partial charge in [0.25, 0.3) is 5.91 Å². The van der Waals surface area contributed by atoms with Gasteiger partial charge in [0.1, 0.15) is 6.04 Å². The molecule has 1 aliphatic carbocycles. The first-order chi connectivity index (χ1) is 9.97. The van der Waals surface area contributed by atoms with Crippen LogP contribution in [0.4, 0.5) is 0 Å². The number of carboxylic acid groups (broad SMARTS) is 1. The highest BCUT2D eigenvalue weighted by Gasteiger charge is 2.49. The minimum atomic E-state index is -0.892. The van der Waals surface area contributed by atoms with Gasteiger partial charge in [-0.3, -0.25) is 4.79 Å². The second-order valence-corrected chi connectivity index (χ2v) is 6.55. The van der Waals surface area contributed by atoms with Gasteiger partial charge in [-0.2, -0.15) is 0 Å². The Morgan fingerprint density at radius 1 is 1.29 bits per heavy atom. The summed E-state index contributed by atoms with van der Waals surface area (Å²) >= 11 is 6.01. The molecule has 0 radical (unpaired) electrons. The van der Waals surface area contributed by atoms with Crippen molar-refractivity contribution in [2.24, 2.45) is 11.8 Å². The molecule has 3 unspecified atom stereocenters. The molecule has 1 saturated carbocycles. The summed E-state index contributed by atoms with van der Waals surface area (Å²) in [5.74, 6) is -0.680. The third kappa shape index (κ3) is 2.53. The van der Waals surface area contributed by atoms with Gasteiger partial charge in [-0.15, -0.1) is 0 Å². The molecule has 3 atom stereocenters. The maximum atomic E-state index is 12.7. The first kappa shape index (κ1) is 14.4. The Bertz CT molecular complexity index is 581. The van der Waals surface area contributed by atoms with Crippen LogP contribution in [0.1, 0.15) is 35.2 Å². The van der Waals surface area contributed by atoms with Crippen molar-refractivity contribution in [3.8, 4) is 0 Å². The number of hydrogen-bond donors (Lipinski definition) is 1. The minimum absolute atomic E-state index is 0.103. The van der Waals surface area contributed by atoms with Gasteiger partial charge in [-0.05, 0) is 55.4 Å². The maximum absolute atomic E-state index is 12.7. The van der Waals surface area contributed by atoms with Crippen LogP contribution < -0.4 is 0 Å². The quantitative estimate of drug-likeness (QED) is 0.914. The molecule has 2 aliphatic rings. The van der Waals surface area contributed by atoms with Crippen LogP contribution in [0.5, 0.6) is 0 Å². The second kappa shape index (κ2) is 5.34. The number of benzene rings is 1. The normalized spacial score (nSPS) is 27.7. The fourth-order valence-electron chi connectivity index (χ4n) is 3.86. The van der Waals surface area contributed by atoms with Crippen molar-refractivity contribution >= 4 is 23.5 Å². The molecule has 2 fully saturated rings. The van der Waals surface area contributed by atoms with Crippen LogP contribution in [0, 0.1) is 18.8 Å². The zero-order valence-corrected chi connectivity index (χ0v) is 12.6. The van der Waals surface area contributed by atoms with Gasteiger partial charge in [-0.1, -0.05) is 18.0 Å². The largest absolute Gasteiger partial charge is 0.480 e. The van der Waals surface area contributed by atoms with E-state index in [0.717, 1.165) is 24.8 Å². The zero-order valence-electron chi connectivity index (χ0n) is 11.9. The molecule has 1 saturated heterocycles. The maximum Gasteiger partial charge on any atom is 0.326 e. The van der Waals surface area contributed by atoms with Crippen LogP contribution in [0.3, 0.4) is 0 Å². The van der Waals surface area contributed by atoms with Gasteiger partial charge < -0.3 is 10.0 Å². The first-order valence-corrected chi connectivity index (χ1v) is 7.66. The Kier molecular flexibility index (Phi) is 3.66. The summed E-state index contributed by atoms with van der Waals surface area (Å²) in [6.45, 7) is 2.42. The molecule has 3 rings (SSSR count). The molecule has 1 aromatic carbocycles. The van der Waals surface area contributed by atoms with E-state index >= 15 is 0 Å². The molecule has 112 valence electrons. The number of carbonyl (C=O) groups is 2. The number of rotatable bonds is 2. The molecule has 0 spiro atoms. The zero-order chi connectivity index (χ0) is 15.1. The van der Waals surface area contributed by atoms with Gasteiger partial charge in [-0.25, -0.2) is 4.79 Å². The monoisotopic (exact) mass is 307 g/mol. The number of nitrogens with zero attached hydrogens (tertiary/aromatic N) is 1. The summed E-state index contributed by atoms with van der Waals surface area (Å²) in [4.78, 5) is 25.8. The molecule has 1 amide bonds. The molecule has 1 heterocycles. The number of aliphatic carboxylic acids is 1. The average molecular weight is 308 g/mol. The van der Waals surface area contributed by atoms with E-state index in [4.69, 9.17) is 11.6 Å². The molecular formula is C16H18ClNO3. The van der Waals surface area contributed by atoms with Crippen LogP contribution in [0.2, 0.25) is 5.02 Å². The van der Waals surface area contributed by atoms with Gasteiger partial charge in [0.2, 0.25) is 0 Å². The predicted octanol–water partition coefficient (Wildman–Crippen LogP) is 2.97. The van der Waals surface area contributed by atoms with E-state index in [1.807, 2.05) is 6.92 Å². The van der Waals surface area contributed by atoms with E-state index in [1.165, 1.54) is 4.90 Å². The minimum Gasteiger partial charge on any atom is -0.480 e. The van der Waals surface area contributed by atoms with Crippen LogP contribution >= 0.6 is 11.6 Å². The molecular weight excluding hydrogens is 290 g/mol. The van der Waals surface area contributed by atoms with Crippen LogP contribution in [0.15, 0.2) is 18.2 Å². The molecule has 4 nitrogen and oxygen atoms in total. The Balaban J connectivity index is 1.91. The van der Waals surface area contributed by atoms with Crippen molar-refractivity contribution in [3.63, 3.8) is 0 Å². The average Bonchev–Trinajstić information content (AvgIpc) is 2.95. The fourth-order valence-corrected chi connectivity index (χ4v) is 4.15. The molecule has 1 aliphatic heterocycles. The summed E-state index contributed by atoms with van der Waals surface area (Å²) < 4.78 is 0. The number of carbonyl (C=O) groups excluding carboxylic acids is 1. The van der Waals surface area contributed by atoms with E-state index < -0.39 is 12.0 Å². The summed E-state index contributed by atoms with van der Waals surface area (Å²) in [6, 6.07) is 4.47. The lowest BCUT2D eigenvalue weighted by molar-refractivity contribution is -0.142. The summed E-state index contributed by atoms with van der Waals surface area (Å²) in [7, 11) is 0. The van der Waals surface area contributed by atoms with E-state index in [9.17, 15) is 14.7 Å². The second-order valence-electron chi connectivity index (χ2n) is 6.11. The highest BCUT2D eigenvalue weighted by molar-refractivity contribution is 6.31. The third-order valence-electron chi connectivity index (χ3n) is 4.69. The Hall–Kier alpha value is -1.55. The van der Waals surface area contributed by atoms with Crippen LogP contribution in [-0.4, -0.2) is 34.5 Å². The van der Waals surface area contributed by atoms with Crippen molar-refractivity contribution in [3.05, 3.63) is 34.3 Å². The van der Waals surface area contributed by atoms with Crippen molar-refractivity contribution in [1.29, 1.82) is 0 Å². The van der Waals surface area contributed by atoms with Crippen molar-refractivity contribution in [2.75, 3.05) is 6.54 Å². The number of halogens is 1. The van der Waals surface area contributed by atoms with E-state index in [2.05, 4.69) is 0 Å². The molecule has 5 heteroatoms. The van der Waals surface area contributed by atoms with E-state index in [-0.39, 0.29) is 11.8 Å². The van der Waals surface area contributed by atoms with Crippen LogP contribution in [-0.2, 0) is 4.79 Å². The highest BCUT2D eigenvalue weighted by atomic mass is 35.5. The lowest BCUT2D eigenvalue weighted by Gasteiger charge is -2.24. The van der Waals surface area contributed by atoms with E-state index in [0.29, 0.717) is 23.0 Å². The van der Waals surface area contributed by atoms with Crippen molar-refractivity contribution in [1.82, 2.24) is 4.90 Å². The SMILES string of the molecule is Cc1cc(Cl)cc(C(=O)N2CC3CCCC3C2C(=O)O)c1. The lowest BCUT2D eigenvalue weighted by Crippen LogP contribution is -2.43. The van der Waals surface area contributed by atoms with Crippen LogP contribution in [0.25, 0.3) is 0 Å². The topological polar surface area (TPSA) is 57.6 Å². The number of hydrogen-bond acceptors (Lipinski definition) is 2. The summed E-state index contributed by atoms with van der Waals surface area (Å²) in [5.41, 5.74) is 1.38. The summed E-state index contributed by atoms with van der Waals surface area (Å²) in [6.07, 6.45) is 2.99. The van der Waals surface area contributed by atoms with Gasteiger partial charge in [0.15, 0.2) is 0 Å². The molecule has 0 bridgehead atoms. The predicted molar refractivity (Wildman–Crippen MR) is 79.5 cm³/mol. The number of fused-ring (bicyclic) bond motifs is 1. The molecule has 21 heavy (non-hydrogen) atoms. The molecule has 1 aromatic rings. The standard InChI is InChI=1S/C16H18ClNO3/c1-9-5-11(7-12(17)6-9)15(19)18-8-10-3-2-4-13(10)14(18)16(20)21/h5-7,10,13-14H,2-4,8H2,1H3,(H,20,21). The first-order valence-electron chi connectivity index (χ1n) is 7.28. The number of carboxylic acids is 1. The molecule has 0 aromatic heterocycles. The molecule has 1 N–H and O–H groups in total. The van der Waals surface area contributed by atoms with Crippen molar-refractivity contribution in [2.45, 2.75) is 32.2 Å². The fraction of sp³-hybridized carbons (Fsp3) is 0.500. The highest BCUT2D eigenvalue weighted by Crippen LogP contribution is 2.42. The number of likely N-dealkylation sites (tertiary alicyclic amines) is 1. The van der Waals surface area contributed by atoms with Crippen molar-refractivity contribution < 1.29 is 14.7 Å². The van der Waals surface area contributed by atoms with E-state index in [1.54, 1.807) is 18.2 Å². The Labute approximate surface area is 128 Å².